The largest absolute Gasteiger partial charge is 0.463 e. The molecule has 29 heavy (non-hydrogen) atoms. The third-order valence-electron chi connectivity index (χ3n) is 3.94. The molecule has 4 rings (SSSR count). The predicted molar refractivity (Wildman–Crippen MR) is 113 cm³/mol. The van der Waals surface area contributed by atoms with Gasteiger partial charge in [-0.1, -0.05) is 54.1 Å². The topological polar surface area (TPSA) is 84.5 Å². The van der Waals surface area contributed by atoms with Gasteiger partial charge in [0.15, 0.2) is 5.76 Å². The van der Waals surface area contributed by atoms with Gasteiger partial charge in [-0.3, -0.25) is 5.32 Å². The number of urea groups is 1. The predicted octanol–water partition coefficient (Wildman–Crippen LogP) is 5.32. The lowest BCUT2D eigenvalue weighted by Gasteiger charge is -2.08. The van der Waals surface area contributed by atoms with E-state index in [1.165, 1.54) is 4.68 Å². The number of halogens is 1. The highest BCUT2D eigenvalue weighted by atomic mass is 35.5. The van der Waals surface area contributed by atoms with E-state index in [2.05, 4.69) is 20.7 Å². The first-order chi connectivity index (χ1) is 14.2. The number of imidazole rings is 1. The van der Waals surface area contributed by atoms with E-state index in [9.17, 15) is 4.79 Å². The third-order valence-corrected chi connectivity index (χ3v) is 4.27. The molecule has 2 N–H and O–H groups in total. The Morgan fingerprint density at radius 2 is 1.83 bits per heavy atom. The smallest absolute Gasteiger partial charge is 0.326 e. The highest BCUT2D eigenvalue weighted by Gasteiger charge is 2.14. The molecule has 0 bridgehead atoms. The summed E-state index contributed by atoms with van der Waals surface area (Å²) in [5, 5.41) is 10.2. The van der Waals surface area contributed by atoms with Crippen molar-refractivity contribution >= 4 is 35.5 Å². The van der Waals surface area contributed by atoms with Crippen LogP contribution >= 0.6 is 11.6 Å². The zero-order valence-corrected chi connectivity index (χ0v) is 15.9. The molecule has 2 heterocycles. The average molecular weight is 406 g/mol. The summed E-state index contributed by atoms with van der Waals surface area (Å²) in [6, 6.07) is 19.6. The van der Waals surface area contributed by atoms with Crippen LogP contribution < -0.4 is 10.6 Å². The quantitative estimate of drug-likeness (QED) is 0.440. The molecule has 0 saturated carbocycles. The van der Waals surface area contributed by atoms with Gasteiger partial charge >= 0.3 is 6.03 Å². The normalized spacial score (nSPS) is 10.9. The van der Waals surface area contributed by atoms with Gasteiger partial charge in [-0.15, -0.1) is 0 Å². The van der Waals surface area contributed by atoms with Crippen molar-refractivity contribution in [3.8, 4) is 11.5 Å². The number of nitrogens with zero attached hydrogens (tertiary/aromatic N) is 3. The minimum Gasteiger partial charge on any atom is -0.463 e. The Labute approximate surface area is 171 Å². The first-order valence-electron chi connectivity index (χ1n) is 8.74. The lowest BCUT2D eigenvalue weighted by Crippen LogP contribution is -2.21. The Morgan fingerprint density at radius 1 is 1.03 bits per heavy atom. The van der Waals surface area contributed by atoms with Crippen LogP contribution in [0.4, 0.5) is 16.4 Å². The van der Waals surface area contributed by atoms with Gasteiger partial charge in [0.2, 0.25) is 5.95 Å². The summed E-state index contributed by atoms with van der Waals surface area (Å²) in [5.41, 5.74) is 1.93. The van der Waals surface area contributed by atoms with E-state index in [1.807, 2.05) is 30.3 Å². The molecule has 4 aromatic rings. The van der Waals surface area contributed by atoms with Crippen LogP contribution in [0.2, 0.25) is 5.02 Å². The van der Waals surface area contributed by atoms with Crippen LogP contribution in [-0.4, -0.2) is 21.9 Å². The molecule has 0 unspecified atom stereocenters. The van der Waals surface area contributed by atoms with Crippen molar-refractivity contribution < 1.29 is 9.21 Å². The molecule has 0 aliphatic heterocycles. The number of rotatable bonds is 5. The van der Waals surface area contributed by atoms with Gasteiger partial charge in [-0.05, 0) is 29.8 Å². The summed E-state index contributed by atoms with van der Waals surface area (Å²) >= 11 is 6.09. The van der Waals surface area contributed by atoms with Crippen molar-refractivity contribution in [3.05, 3.63) is 89.8 Å². The molecular formula is C21H16ClN5O2. The van der Waals surface area contributed by atoms with Gasteiger partial charge in [-0.2, -0.15) is 5.10 Å². The Kier molecular flexibility index (Phi) is 5.40. The van der Waals surface area contributed by atoms with Gasteiger partial charge in [0.25, 0.3) is 0 Å². The summed E-state index contributed by atoms with van der Waals surface area (Å²) in [6.45, 7) is 0. The molecule has 7 nitrogen and oxygen atoms in total. The fourth-order valence-corrected chi connectivity index (χ4v) is 2.76. The molecule has 8 heteroatoms. The number of anilines is 2. The highest BCUT2D eigenvalue weighted by Crippen LogP contribution is 2.23. The van der Waals surface area contributed by atoms with E-state index < -0.39 is 6.03 Å². The molecule has 0 aliphatic carbocycles. The molecule has 2 aromatic heterocycles. The number of carbonyl (C=O) groups is 1. The second kappa shape index (κ2) is 8.45. The van der Waals surface area contributed by atoms with Gasteiger partial charge in [0.1, 0.15) is 5.69 Å². The minimum atomic E-state index is -0.495. The zero-order chi connectivity index (χ0) is 20.1. The molecule has 0 spiro atoms. The van der Waals surface area contributed by atoms with E-state index in [0.717, 1.165) is 5.56 Å². The Hall–Kier alpha value is -3.84. The lowest BCUT2D eigenvalue weighted by molar-refractivity contribution is 0.262. The van der Waals surface area contributed by atoms with Crippen LogP contribution in [0.5, 0.6) is 0 Å². The summed E-state index contributed by atoms with van der Waals surface area (Å²) in [6.07, 6.45) is 4.90. The Bertz CT molecular complexity index is 1140. The molecule has 0 atom stereocenters. The second-order valence-corrected chi connectivity index (χ2v) is 6.39. The number of hydrogen-bond donors (Lipinski definition) is 2. The maximum Gasteiger partial charge on any atom is 0.326 e. The van der Waals surface area contributed by atoms with Crippen LogP contribution in [0.3, 0.4) is 0 Å². The van der Waals surface area contributed by atoms with Crippen molar-refractivity contribution in [2.75, 3.05) is 10.6 Å². The van der Waals surface area contributed by atoms with E-state index in [-0.39, 0.29) is 5.95 Å². The average Bonchev–Trinajstić information content (AvgIpc) is 3.39. The molecule has 2 amide bonds. The number of furan rings is 1. The first kappa shape index (κ1) is 18.5. The molecule has 0 fully saturated rings. The Morgan fingerprint density at radius 3 is 2.59 bits per heavy atom. The van der Waals surface area contributed by atoms with Gasteiger partial charge in [-0.25, -0.2) is 14.5 Å². The number of amides is 2. The fourth-order valence-electron chi connectivity index (χ4n) is 2.57. The van der Waals surface area contributed by atoms with E-state index in [1.54, 1.807) is 55.1 Å². The van der Waals surface area contributed by atoms with Crippen molar-refractivity contribution in [1.29, 1.82) is 0 Å². The standard InChI is InChI=1S/C21H16ClN5O2/c22-16-9-4-5-10-17(16)25-21(28)26-20-24-18(19-11-6-12-29-19)14-27(20)23-13-15-7-2-1-3-8-15/h1-14H,(H2,24,25,26,28). The van der Waals surface area contributed by atoms with Crippen molar-refractivity contribution in [3.63, 3.8) is 0 Å². The molecule has 0 radical (unpaired) electrons. The molecular weight excluding hydrogens is 390 g/mol. The molecule has 0 saturated heterocycles. The summed E-state index contributed by atoms with van der Waals surface area (Å²) < 4.78 is 6.86. The number of carbonyl (C=O) groups excluding carboxylic acids is 1. The van der Waals surface area contributed by atoms with Crippen LogP contribution in [0.15, 0.2) is 88.7 Å². The SMILES string of the molecule is O=C(Nc1ccccc1Cl)Nc1nc(-c2ccco2)cn1N=Cc1ccccc1. The van der Waals surface area contributed by atoms with E-state index >= 15 is 0 Å². The fraction of sp³-hybridized carbons (Fsp3) is 0. The van der Waals surface area contributed by atoms with E-state index in [0.29, 0.717) is 22.2 Å². The molecule has 2 aromatic carbocycles. The number of aromatic nitrogens is 2. The van der Waals surface area contributed by atoms with Crippen molar-refractivity contribution in [2.24, 2.45) is 5.10 Å². The maximum absolute atomic E-state index is 12.4. The van der Waals surface area contributed by atoms with E-state index in [4.69, 9.17) is 16.0 Å². The second-order valence-electron chi connectivity index (χ2n) is 5.99. The third kappa shape index (κ3) is 4.53. The van der Waals surface area contributed by atoms with Gasteiger partial charge in [0.05, 0.1) is 29.4 Å². The van der Waals surface area contributed by atoms with Gasteiger partial charge < -0.3 is 9.73 Å². The zero-order valence-electron chi connectivity index (χ0n) is 15.1. The molecule has 0 aliphatic rings. The molecule has 144 valence electrons. The van der Waals surface area contributed by atoms with Crippen molar-refractivity contribution in [2.45, 2.75) is 0 Å². The lowest BCUT2D eigenvalue weighted by atomic mass is 10.2. The summed E-state index contributed by atoms with van der Waals surface area (Å²) in [5.74, 6) is 0.793. The van der Waals surface area contributed by atoms with Crippen molar-refractivity contribution in [1.82, 2.24) is 9.66 Å². The number of hydrogen-bond acceptors (Lipinski definition) is 4. The highest BCUT2D eigenvalue weighted by molar-refractivity contribution is 6.33. The number of para-hydroxylation sites is 1. The first-order valence-corrected chi connectivity index (χ1v) is 9.12. The van der Waals surface area contributed by atoms with Crippen LogP contribution in [0, 0.1) is 0 Å². The summed E-state index contributed by atoms with van der Waals surface area (Å²) in [4.78, 5) is 16.9. The number of benzene rings is 2. The minimum absolute atomic E-state index is 0.230. The number of nitrogens with one attached hydrogen (secondary N) is 2. The van der Waals surface area contributed by atoms with Gasteiger partial charge in [0, 0.05) is 0 Å². The Balaban J connectivity index is 1.59. The van der Waals surface area contributed by atoms with Crippen LogP contribution in [0.1, 0.15) is 5.56 Å². The van der Waals surface area contributed by atoms with Crippen LogP contribution in [0.25, 0.3) is 11.5 Å². The summed E-state index contributed by atoms with van der Waals surface area (Å²) in [7, 11) is 0. The maximum atomic E-state index is 12.4. The van der Waals surface area contributed by atoms with Crippen LogP contribution in [-0.2, 0) is 0 Å². The monoisotopic (exact) mass is 405 g/mol.